The summed E-state index contributed by atoms with van der Waals surface area (Å²) in [6, 6.07) is 4.22. The molecule has 7 nitrogen and oxygen atoms in total. The van der Waals surface area contributed by atoms with Crippen molar-refractivity contribution in [1.29, 1.82) is 5.41 Å². The summed E-state index contributed by atoms with van der Waals surface area (Å²) in [6.45, 7) is 2.52. The Balaban J connectivity index is 1.44. The SMILES string of the molecule is N=C1CCC(Nc2cc(-c3nc(NCC4CCOCC4)cnc3Cl)ccn2)CC1. The molecule has 1 aliphatic carbocycles. The molecule has 1 saturated heterocycles. The van der Waals surface area contributed by atoms with Gasteiger partial charge in [0.2, 0.25) is 0 Å². The van der Waals surface area contributed by atoms with E-state index in [1.807, 2.05) is 12.1 Å². The molecule has 4 rings (SSSR count). The van der Waals surface area contributed by atoms with Crippen LogP contribution in [0.3, 0.4) is 0 Å². The van der Waals surface area contributed by atoms with E-state index in [0.717, 1.165) is 81.2 Å². The van der Waals surface area contributed by atoms with E-state index in [0.29, 0.717) is 22.8 Å². The fraction of sp³-hybridized carbons (Fsp3) is 0.524. The number of ether oxygens (including phenoxy) is 1. The zero-order chi connectivity index (χ0) is 20.1. The highest BCUT2D eigenvalue weighted by Gasteiger charge is 2.18. The van der Waals surface area contributed by atoms with E-state index in [9.17, 15) is 0 Å². The average Bonchev–Trinajstić information content (AvgIpc) is 2.76. The number of hydrogen-bond acceptors (Lipinski definition) is 7. The van der Waals surface area contributed by atoms with Crippen molar-refractivity contribution in [3.05, 3.63) is 29.7 Å². The van der Waals surface area contributed by atoms with E-state index in [4.69, 9.17) is 26.7 Å². The van der Waals surface area contributed by atoms with Crippen molar-refractivity contribution in [2.24, 2.45) is 5.92 Å². The molecule has 0 radical (unpaired) electrons. The lowest BCUT2D eigenvalue weighted by Gasteiger charge is -2.24. The minimum atomic E-state index is 0.348. The van der Waals surface area contributed by atoms with Crippen molar-refractivity contribution >= 4 is 28.9 Å². The molecule has 0 amide bonds. The van der Waals surface area contributed by atoms with Gasteiger partial charge in [0.05, 0.1) is 6.20 Å². The number of nitrogens with zero attached hydrogens (tertiary/aromatic N) is 3. The summed E-state index contributed by atoms with van der Waals surface area (Å²) in [5.41, 5.74) is 2.38. The lowest BCUT2D eigenvalue weighted by molar-refractivity contribution is 0.0699. The Kier molecular flexibility index (Phi) is 6.56. The maximum atomic E-state index is 7.76. The second kappa shape index (κ2) is 9.50. The Morgan fingerprint density at radius 3 is 2.69 bits per heavy atom. The number of nitrogens with one attached hydrogen (secondary N) is 3. The van der Waals surface area contributed by atoms with E-state index in [1.54, 1.807) is 12.4 Å². The van der Waals surface area contributed by atoms with Gasteiger partial charge in [-0.25, -0.2) is 15.0 Å². The van der Waals surface area contributed by atoms with Gasteiger partial charge in [-0.2, -0.15) is 0 Å². The summed E-state index contributed by atoms with van der Waals surface area (Å²) in [4.78, 5) is 13.5. The summed E-state index contributed by atoms with van der Waals surface area (Å²) >= 11 is 6.36. The van der Waals surface area contributed by atoms with Crippen LogP contribution in [-0.4, -0.2) is 46.5 Å². The van der Waals surface area contributed by atoms with E-state index in [-0.39, 0.29) is 0 Å². The van der Waals surface area contributed by atoms with Crippen LogP contribution in [0.4, 0.5) is 11.6 Å². The Hall–Kier alpha value is -2.25. The van der Waals surface area contributed by atoms with Crippen molar-refractivity contribution in [1.82, 2.24) is 15.0 Å². The third kappa shape index (κ3) is 5.42. The van der Waals surface area contributed by atoms with E-state index in [2.05, 4.69) is 20.6 Å². The first-order valence-electron chi connectivity index (χ1n) is 10.3. The largest absolute Gasteiger partial charge is 0.381 e. The second-order valence-corrected chi connectivity index (χ2v) is 8.14. The smallest absolute Gasteiger partial charge is 0.155 e. The molecule has 0 bridgehead atoms. The van der Waals surface area contributed by atoms with Crippen molar-refractivity contribution in [2.45, 2.75) is 44.6 Å². The summed E-state index contributed by atoms with van der Waals surface area (Å²) in [5.74, 6) is 2.13. The van der Waals surface area contributed by atoms with E-state index < -0.39 is 0 Å². The quantitative estimate of drug-likeness (QED) is 0.648. The van der Waals surface area contributed by atoms with Crippen LogP contribution in [0.2, 0.25) is 5.15 Å². The fourth-order valence-corrected chi connectivity index (χ4v) is 4.02. The zero-order valence-electron chi connectivity index (χ0n) is 16.5. The molecule has 3 heterocycles. The molecule has 2 fully saturated rings. The van der Waals surface area contributed by atoms with Crippen LogP contribution in [0, 0.1) is 11.3 Å². The first kappa shape index (κ1) is 20.0. The number of pyridine rings is 1. The molecule has 0 aromatic carbocycles. The number of aromatic nitrogens is 3. The highest BCUT2D eigenvalue weighted by Crippen LogP contribution is 2.28. The molecule has 1 saturated carbocycles. The van der Waals surface area contributed by atoms with Gasteiger partial charge in [0.15, 0.2) is 5.15 Å². The van der Waals surface area contributed by atoms with Crippen LogP contribution in [-0.2, 0) is 4.74 Å². The van der Waals surface area contributed by atoms with Gasteiger partial charge in [-0.3, -0.25) is 0 Å². The molecule has 154 valence electrons. The summed E-state index contributed by atoms with van der Waals surface area (Å²) in [6.07, 6.45) is 9.24. The lowest BCUT2D eigenvalue weighted by atomic mass is 9.94. The van der Waals surface area contributed by atoms with Crippen LogP contribution < -0.4 is 10.6 Å². The molecule has 8 heteroatoms. The molecule has 3 N–H and O–H groups in total. The number of hydrogen-bond donors (Lipinski definition) is 3. The minimum Gasteiger partial charge on any atom is -0.381 e. The Bertz CT molecular complexity index is 845. The molecule has 29 heavy (non-hydrogen) atoms. The van der Waals surface area contributed by atoms with Crippen LogP contribution in [0.25, 0.3) is 11.3 Å². The highest BCUT2D eigenvalue weighted by molar-refractivity contribution is 6.31. The van der Waals surface area contributed by atoms with Gasteiger partial charge in [-0.05, 0) is 56.6 Å². The normalized spacial score (nSPS) is 20.4. The third-order valence-corrected chi connectivity index (χ3v) is 5.89. The summed E-state index contributed by atoms with van der Waals surface area (Å²) < 4.78 is 5.42. The Labute approximate surface area is 176 Å². The van der Waals surface area contributed by atoms with Gasteiger partial charge >= 0.3 is 0 Å². The molecular formula is C21H27ClN6O. The zero-order valence-corrected chi connectivity index (χ0v) is 17.2. The molecule has 1 aliphatic heterocycles. The first-order valence-corrected chi connectivity index (χ1v) is 10.7. The van der Waals surface area contributed by atoms with Gasteiger partial charge < -0.3 is 20.8 Å². The second-order valence-electron chi connectivity index (χ2n) is 7.78. The van der Waals surface area contributed by atoms with Crippen molar-refractivity contribution in [3.8, 4) is 11.3 Å². The summed E-state index contributed by atoms with van der Waals surface area (Å²) in [7, 11) is 0. The lowest BCUT2D eigenvalue weighted by Crippen LogP contribution is -2.26. The number of rotatable bonds is 6. The van der Waals surface area contributed by atoms with Gasteiger partial charge in [-0.1, -0.05) is 11.6 Å². The molecule has 2 aromatic heterocycles. The average molecular weight is 415 g/mol. The monoisotopic (exact) mass is 414 g/mol. The van der Waals surface area contributed by atoms with Crippen molar-refractivity contribution in [3.63, 3.8) is 0 Å². The minimum absolute atomic E-state index is 0.348. The summed E-state index contributed by atoms with van der Waals surface area (Å²) in [5, 5.41) is 15.0. The van der Waals surface area contributed by atoms with E-state index in [1.165, 1.54) is 0 Å². The number of anilines is 2. The fourth-order valence-electron chi connectivity index (χ4n) is 3.82. The Morgan fingerprint density at radius 1 is 1.10 bits per heavy atom. The highest BCUT2D eigenvalue weighted by atomic mass is 35.5. The van der Waals surface area contributed by atoms with Crippen molar-refractivity contribution in [2.75, 3.05) is 30.4 Å². The van der Waals surface area contributed by atoms with Crippen LogP contribution >= 0.6 is 11.6 Å². The first-order chi connectivity index (χ1) is 14.2. The van der Waals surface area contributed by atoms with Gasteiger partial charge in [0, 0.05) is 43.3 Å². The standard InChI is InChI=1S/C21H27ClN6O/c22-21-20(28-19(13-26-21)25-12-14-6-9-29-10-7-14)15-5-8-24-18(11-15)27-17-3-1-16(23)2-4-17/h5,8,11,13-14,17,23H,1-4,6-7,9-10,12H2,(H,24,27)(H,25,28). The predicted molar refractivity (Wildman–Crippen MR) is 116 cm³/mol. The predicted octanol–water partition coefficient (Wildman–Crippen LogP) is 4.40. The molecule has 0 unspecified atom stereocenters. The molecule has 2 aromatic rings. The maximum Gasteiger partial charge on any atom is 0.155 e. The van der Waals surface area contributed by atoms with Crippen molar-refractivity contribution < 1.29 is 4.74 Å². The molecule has 0 spiro atoms. The van der Waals surface area contributed by atoms with Crippen LogP contribution in [0.1, 0.15) is 38.5 Å². The van der Waals surface area contributed by atoms with Gasteiger partial charge in [0.25, 0.3) is 0 Å². The van der Waals surface area contributed by atoms with Crippen LogP contribution in [0.15, 0.2) is 24.5 Å². The molecule has 0 atom stereocenters. The maximum absolute atomic E-state index is 7.76. The third-order valence-electron chi connectivity index (χ3n) is 5.62. The molecule has 2 aliphatic rings. The van der Waals surface area contributed by atoms with E-state index >= 15 is 0 Å². The van der Waals surface area contributed by atoms with Gasteiger partial charge in [-0.15, -0.1) is 0 Å². The Morgan fingerprint density at radius 2 is 1.90 bits per heavy atom. The topological polar surface area (TPSA) is 95.8 Å². The van der Waals surface area contributed by atoms with Crippen LogP contribution in [0.5, 0.6) is 0 Å². The number of halogens is 1. The molecular weight excluding hydrogens is 388 g/mol. The van der Waals surface area contributed by atoms with Gasteiger partial charge in [0.1, 0.15) is 17.3 Å².